The van der Waals surface area contributed by atoms with Crippen molar-refractivity contribution in [2.45, 2.75) is 26.7 Å². The molecule has 0 fully saturated rings. The van der Waals surface area contributed by atoms with Crippen LogP contribution in [0, 0.1) is 0 Å². The second kappa shape index (κ2) is 9.98. The maximum absolute atomic E-state index is 4.64. The molecule has 10 heteroatoms. The normalized spacial score (nSPS) is 11.8. The van der Waals surface area contributed by atoms with Gasteiger partial charge in [-0.05, 0) is 13.3 Å². The first-order chi connectivity index (χ1) is 13.7. The highest BCUT2D eigenvalue weighted by Gasteiger charge is 2.07. The van der Waals surface area contributed by atoms with Crippen LogP contribution in [0.4, 0.5) is 5.82 Å². The number of thiazole rings is 1. The van der Waals surface area contributed by atoms with Crippen molar-refractivity contribution in [1.29, 1.82) is 0 Å². The summed E-state index contributed by atoms with van der Waals surface area (Å²) < 4.78 is 1.74. The molecular formula is C18H27N9S. The molecule has 0 unspecified atom stereocenters. The Balaban J connectivity index is 1.47. The number of nitrogens with one attached hydrogen (secondary N) is 3. The number of anilines is 1. The van der Waals surface area contributed by atoms with Crippen molar-refractivity contribution in [1.82, 2.24) is 35.4 Å². The van der Waals surface area contributed by atoms with E-state index in [-0.39, 0.29) is 0 Å². The van der Waals surface area contributed by atoms with Gasteiger partial charge in [-0.1, -0.05) is 6.92 Å². The number of fused-ring (bicyclic) bond motifs is 1. The van der Waals surface area contributed by atoms with Gasteiger partial charge in [0, 0.05) is 50.7 Å². The predicted octanol–water partition coefficient (Wildman–Crippen LogP) is 1.59. The smallest absolute Gasteiger partial charge is 0.191 e. The van der Waals surface area contributed by atoms with Gasteiger partial charge in [0.25, 0.3) is 0 Å². The third-order valence-corrected chi connectivity index (χ3v) is 5.33. The van der Waals surface area contributed by atoms with Crippen LogP contribution in [0.5, 0.6) is 0 Å². The number of rotatable bonds is 9. The lowest BCUT2D eigenvalue weighted by molar-refractivity contribution is 0.785. The molecule has 0 saturated heterocycles. The third-order valence-electron chi connectivity index (χ3n) is 4.13. The van der Waals surface area contributed by atoms with E-state index in [1.807, 2.05) is 13.2 Å². The molecular weight excluding hydrogens is 374 g/mol. The van der Waals surface area contributed by atoms with E-state index < -0.39 is 0 Å². The molecule has 0 amide bonds. The lowest BCUT2D eigenvalue weighted by atomic mass is 10.4. The van der Waals surface area contributed by atoms with Crippen LogP contribution in [0.2, 0.25) is 0 Å². The molecule has 0 bridgehead atoms. The molecule has 28 heavy (non-hydrogen) atoms. The molecule has 0 spiro atoms. The topological polar surface area (TPSA) is 105 Å². The van der Waals surface area contributed by atoms with Gasteiger partial charge >= 0.3 is 0 Å². The highest BCUT2D eigenvalue weighted by molar-refractivity contribution is 7.11. The highest BCUT2D eigenvalue weighted by Crippen LogP contribution is 2.17. The van der Waals surface area contributed by atoms with E-state index in [4.69, 9.17) is 0 Å². The van der Waals surface area contributed by atoms with Crippen LogP contribution in [0.3, 0.4) is 0 Å². The van der Waals surface area contributed by atoms with Crippen molar-refractivity contribution in [3.8, 4) is 0 Å². The van der Waals surface area contributed by atoms with E-state index in [0.29, 0.717) is 13.1 Å². The van der Waals surface area contributed by atoms with Gasteiger partial charge < -0.3 is 16.0 Å². The van der Waals surface area contributed by atoms with Crippen molar-refractivity contribution in [3.05, 3.63) is 28.6 Å². The zero-order valence-corrected chi connectivity index (χ0v) is 17.4. The third kappa shape index (κ3) is 5.16. The molecule has 3 aromatic rings. The van der Waals surface area contributed by atoms with E-state index in [0.717, 1.165) is 53.7 Å². The molecule has 0 saturated carbocycles. The van der Waals surface area contributed by atoms with Crippen LogP contribution >= 0.6 is 11.3 Å². The molecule has 3 heterocycles. The maximum atomic E-state index is 4.64. The predicted molar refractivity (Wildman–Crippen MR) is 114 cm³/mol. The molecule has 0 aromatic carbocycles. The van der Waals surface area contributed by atoms with E-state index in [1.54, 1.807) is 28.5 Å². The first-order valence-electron chi connectivity index (χ1n) is 9.53. The summed E-state index contributed by atoms with van der Waals surface area (Å²) in [4.78, 5) is 19.0. The van der Waals surface area contributed by atoms with Gasteiger partial charge in [-0.25, -0.2) is 15.0 Å². The summed E-state index contributed by atoms with van der Waals surface area (Å²) >= 11 is 1.77. The molecule has 3 aromatic heterocycles. The van der Waals surface area contributed by atoms with Crippen molar-refractivity contribution < 1.29 is 0 Å². The van der Waals surface area contributed by atoms with Crippen molar-refractivity contribution >= 4 is 34.1 Å². The number of aliphatic imine (C=N–C) groups is 1. The van der Waals surface area contributed by atoms with Gasteiger partial charge in [0.2, 0.25) is 0 Å². The largest absolute Gasteiger partial charge is 0.368 e. The summed E-state index contributed by atoms with van der Waals surface area (Å²) in [5.41, 5.74) is 0.814. The maximum Gasteiger partial charge on any atom is 0.191 e. The number of nitrogens with zero attached hydrogens (tertiary/aromatic N) is 6. The Morgan fingerprint density at radius 1 is 1.14 bits per heavy atom. The fraction of sp³-hybridized carbons (Fsp3) is 0.500. The summed E-state index contributed by atoms with van der Waals surface area (Å²) in [5.74, 6) is 1.60. The summed E-state index contributed by atoms with van der Waals surface area (Å²) in [5, 5.41) is 16.2. The van der Waals surface area contributed by atoms with E-state index >= 15 is 0 Å². The Hall–Kier alpha value is -2.75. The second-order valence-corrected chi connectivity index (χ2v) is 7.37. The zero-order valence-electron chi connectivity index (χ0n) is 16.6. The van der Waals surface area contributed by atoms with Crippen LogP contribution in [0.25, 0.3) is 11.0 Å². The molecule has 0 aliphatic carbocycles. The van der Waals surface area contributed by atoms with Gasteiger partial charge in [-0.2, -0.15) is 5.10 Å². The van der Waals surface area contributed by atoms with Crippen molar-refractivity contribution in [2.24, 2.45) is 12.0 Å². The Morgan fingerprint density at radius 3 is 2.82 bits per heavy atom. The Bertz CT molecular complexity index is 915. The van der Waals surface area contributed by atoms with Gasteiger partial charge in [0.1, 0.15) is 12.1 Å². The zero-order chi connectivity index (χ0) is 19.8. The van der Waals surface area contributed by atoms with E-state index in [1.165, 1.54) is 4.88 Å². The quantitative estimate of drug-likeness (QED) is 0.284. The molecule has 0 aliphatic rings. The summed E-state index contributed by atoms with van der Waals surface area (Å²) in [6.07, 6.45) is 7.19. The number of hydrogen-bond donors (Lipinski definition) is 3. The van der Waals surface area contributed by atoms with E-state index in [9.17, 15) is 0 Å². The van der Waals surface area contributed by atoms with Gasteiger partial charge in [0.05, 0.1) is 16.6 Å². The summed E-state index contributed by atoms with van der Waals surface area (Å²) in [7, 11) is 1.87. The molecule has 0 aliphatic heterocycles. The van der Waals surface area contributed by atoms with Crippen LogP contribution in [0.1, 0.15) is 23.7 Å². The number of hydrogen-bond acceptors (Lipinski definition) is 7. The SMILES string of the molecule is CCNC(=NCCc1ncc(CC)s1)NCCNc1ncnc2c1cnn2C. The van der Waals surface area contributed by atoms with Crippen molar-refractivity contribution in [3.63, 3.8) is 0 Å². The molecule has 9 nitrogen and oxygen atoms in total. The molecule has 3 rings (SSSR count). The lowest BCUT2D eigenvalue weighted by Gasteiger charge is -2.12. The second-order valence-electron chi connectivity index (χ2n) is 6.17. The Labute approximate surface area is 168 Å². The van der Waals surface area contributed by atoms with Crippen LogP contribution in [-0.2, 0) is 19.9 Å². The molecule has 3 N–H and O–H groups in total. The van der Waals surface area contributed by atoms with Gasteiger partial charge in [-0.3, -0.25) is 9.67 Å². The Morgan fingerprint density at radius 2 is 2.04 bits per heavy atom. The van der Waals surface area contributed by atoms with Crippen LogP contribution in [-0.4, -0.2) is 56.9 Å². The summed E-state index contributed by atoms with van der Waals surface area (Å²) in [6.45, 7) is 7.16. The standard InChI is InChI=1S/C18H27N9S/c1-4-13-10-23-15(28-13)6-7-21-18(19-5-2)22-9-8-20-16-14-11-26-27(3)17(14)25-12-24-16/h10-12H,4-9H2,1-3H3,(H2,19,21,22)(H,20,24,25). The lowest BCUT2D eigenvalue weighted by Crippen LogP contribution is -2.39. The monoisotopic (exact) mass is 401 g/mol. The summed E-state index contributed by atoms with van der Waals surface area (Å²) in [6, 6.07) is 0. The van der Waals surface area contributed by atoms with Crippen LogP contribution < -0.4 is 16.0 Å². The fourth-order valence-corrected chi connectivity index (χ4v) is 3.55. The number of guanidine groups is 1. The van der Waals surface area contributed by atoms with Gasteiger partial charge in [-0.15, -0.1) is 11.3 Å². The minimum atomic E-state index is 0.706. The first kappa shape index (κ1) is 20.0. The Kier molecular flexibility index (Phi) is 7.12. The van der Waals surface area contributed by atoms with Crippen LogP contribution in [0.15, 0.2) is 23.7 Å². The average Bonchev–Trinajstić information content (AvgIpc) is 3.32. The molecule has 0 atom stereocenters. The minimum absolute atomic E-state index is 0.706. The fourth-order valence-electron chi connectivity index (χ4n) is 2.70. The number of aryl methyl sites for hydroxylation is 2. The first-order valence-corrected chi connectivity index (χ1v) is 10.3. The van der Waals surface area contributed by atoms with E-state index in [2.05, 4.69) is 54.8 Å². The average molecular weight is 402 g/mol. The highest BCUT2D eigenvalue weighted by atomic mass is 32.1. The van der Waals surface area contributed by atoms with Gasteiger partial charge in [0.15, 0.2) is 11.6 Å². The number of aromatic nitrogens is 5. The minimum Gasteiger partial charge on any atom is -0.368 e. The molecule has 150 valence electrons. The van der Waals surface area contributed by atoms with Crippen molar-refractivity contribution in [2.75, 3.05) is 31.5 Å². The molecule has 0 radical (unpaired) electrons.